The Labute approximate surface area is 92.3 Å². The van der Waals surface area contributed by atoms with Crippen LogP contribution in [-0.2, 0) is 0 Å². The van der Waals surface area contributed by atoms with Crippen molar-refractivity contribution in [3.8, 4) is 0 Å². The predicted octanol–water partition coefficient (Wildman–Crippen LogP) is 3.24. The fourth-order valence-electron chi connectivity index (χ4n) is 1.83. The molecule has 0 aromatic heterocycles. The summed E-state index contributed by atoms with van der Waals surface area (Å²) < 4.78 is 0. The quantitative estimate of drug-likeness (QED) is 0.562. The second-order valence-corrected chi connectivity index (χ2v) is 3.82. The van der Waals surface area contributed by atoms with E-state index in [9.17, 15) is 0 Å². The molecule has 15 heavy (non-hydrogen) atoms. The summed E-state index contributed by atoms with van der Waals surface area (Å²) in [7, 11) is 0. The van der Waals surface area contributed by atoms with Gasteiger partial charge in [0.25, 0.3) is 0 Å². The zero-order valence-electron chi connectivity index (χ0n) is 9.11. The summed E-state index contributed by atoms with van der Waals surface area (Å²) in [6.45, 7) is 4.46. The first kappa shape index (κ1) is 10.2. The molecule has 0 aromatic carbocycles. The number of allylic oxidation sites excluding steroid dienone is 10. The zero-order valence-corrected chi connectivity index (χ0v) is 9.11. The van der Waals surface area contributed by atoms with E-state index in [2.05, 4.69) is 62.5 Å². The van der Waals surface area contributed by atoms with Crippen molar-refractivity contribution in [3.63, 3.8) is 0 Å². The van der Waals surface area contributed by atoms with Crippen molar-refractivity contribution < 1.29 is 0 Å². The number of hydrogen-bond acceptors (Lipinski definition) is 0. The fourth-order valence-corrected chi connectivity index (χ4v) is 1.83. The third kappa shape index (κ3) is 2.56. The minimum atomic E-state index is 1.02. The topological polar surface area (TPSA) is 0 Å². The van der Waals surface area contributed by atoms with E-state index in [0.29, 0.717) is 0 Å². The summed E-state index contributed by atoms with van der Waals surface area (Å²) >= 11 is 0. The molecular formula is C14H15B. The van der Waals surface area contributed by atoms with Gasteiger partial charge < -0.3 is 0 Å². The Hall–Kier alpha value is -1.37. The van der Waals surface area contributed by atoms with Crippen molar-refractivity contribution in [2.24, 2.45) is 0 Å². The first-order valence-electron chi connectivity index (χ1n) is 5.45. The molecule has 0 nitrogen and oxygen atoms in total. The second kappa shape index (κ2) is 4.93. The zero-order chi connectivity index (χ0) is 10.5. The first-order valence-corrected chi connectivity index (χ1v) is 5.45. The van der Waals surface area contributed by atoms with Crippen molar-refractivity contribution in [1.82, 2.24) is 0 Å². The molecule has 1 heteroatoms. The van der Waals surface area contributed by atoms with Crippen LogP contribution in [0.2, 0.25) is 6.32 Å². The van der Waals surface area contributed by atoms with Gasteiger partial charge >= 0.3 is 91.8 Å². The van der Waals surface area contributed by atoms with Gasteiger partial charge in [-0.2, -0.15) is 0 Å². The van der Waals surface area contributed by atoms with Gasteiger partial charge in [-0.3, -0.25) is 0 Å². The van der Waals surface area contributed by atoms with Crippen LogP contribution in [0.1, 0.15) is 13.3 Å². The molecule has 1 aliphatic carbocycles. The van der Waals surface area contributed by atoms with Gasteiger partial charge in [-0.15, -0.1) is 0 Å². The molecule has 2 aliphatic rings. The first-order chi connectivity index (χ1) is 7.38. The van der Waals surface area contributed by atoms with Gasteiger partial charge in [0.15, 0.2) is 0 Å². The molecule has 2 rings (SSSR count). The normalized spacial score (nSPS) is 19.7. The Morgan fingerprint density at radius 2 is 1.87 bits per heavy atom. The Morgan fingerprint density at radius 3 is 2.80 bits per heavy atom. The average Bonchev–Trinajstić information content (AvgIpc) is 2.59. The van der Waals surface area contributed by atoms with Gasteiger partial charge in [0.1, 0.15) is 0 Å². The molecule has 0 amide bonds. The molecule has 0 N–H and O–H groups in total. The van der Waals surface area contributed by atoms with Crippen molar-refractivity contribution in [2.45, 2.75) is 19.7 Å². The summed E-state index contributed by atoms with van der Waals surface area (Å²) in [5.74, 6) is 0. The molecule has 0 aromatic rings. The Bertz CT molecular complexity index is 415. The van der Waals surface area contributed by atoms with E-state index < -0.39 is 0 Å². The summed E-state index contributed by atoms with van der Waals surface area (Å²) in [6, 6.07) is 0. The van der Waals surface area contributed by atoms with E-state index in [4.69, 9.17) is 0 Å². The van der Waals surface area contributed by atoms with Crippen molar-refractivity contribution >= 4 is 12.4 Å². The van der Waals surface area contributed by atoms with Gasteiger partial charge in [-0.1, -0.05) is 0 Å². The average molecular weight is 194 g/mol. The van der Waals surface area contributed by atoms with Crippen LogP contribution < -0.4 is 0 Å². The van der Waals surface area contributed by atoms with Gasteiger partial charge in [0, 0.05) is 0 Å². The molecule has 0 bridgehead atoms. The fraction of sp³-hybridized carbons (Fsp3) is 0.214. The predicted molar refractivity (Wildman–Crippen MR) is 69.4 cm³/mol. The maximum atomic E-state index is 2.28. The van der Waals surface area contributed by atoms with E-state index in [1.165, 1.54) is 16.6 Å². The molecule has 0 saturated carbocycles. The minimum absolute atomic E-state index is 1.02. The molecule has 0 spiro atoms. The van der Waals surface area contributed by atoms with Crippen molar-refractivity contribution in [2.75, 3.05) is 0 Å². The van der Waals surface area contributed by atoms with Crippen LogP contribution in [0.5, 0.6) is 0 Å². The number of rotatable bonds is 1. The molecule has 0 atom stereocenters. The summed E-state index contributed by atoms with van der Waals surface area (Å²) in [4.78, 5) is 0. The van der Waals surface area contributed by atoms with Gasteiger partial charge in [-0.25, -0.2) is 0 Å². The third-order valence-electron chi connectivity index (χ3n) is 2.66. The molecular weight excluding hydrogens is 179 g/mol. The van der Waals surface area contributed by atoms with Gasteiger partial charge in [-0.05, 0) is 0 Å². The van der Waals surface area contributed by atoms with E-state index in [0.717, 1.165) is 12.7 Å². The van der Waals surface area contributed by atoms with Crippen molar-refractivity contribution in [3.05, 3.63) is 59.8 Å². The standard InChI is InChI=1S/C14H15B/c1-12-8-4-2-5-9-13(12)14-10-6-3-7-11-15-14/h3-10H,2,11H2,1H3. The molecule has 0 fully saturated rings. The Kier molecular flexibility index (Phi) is 3.34. The van der Waals surface area contributed by atoms with E-state index in [-0.39, 0.29) is 0 Å². The molecule has 1 heterocycles. The van der Waals surface area contributed by atoms with E-state index in [1.54, 1.807) is 0 Å². The van der Waals surface area contributed by atoms with Crippen LogP contribution in [0, 0.1) is 0 Å². The molecule has 0 unspecified atom stereocenters. The van der Waals surface area contributed by atoms with Crippen LogP contribution >= 0.6 is 0 Å². The SMILES string of the molecule is CC1=C(C2=BCC=CC=C2)C=CCC=C1. The second-order valence-electron chi connectivity index (χ2n) is 3.82. The Morgan fingerprint density at radius 1 is 1.00 bits per heavy atom. The van der Waals surface area contributed by atoms with E-state index >= 15 is 0 Å². The third-order valence-corrected chi connectivity index (χ3v) is 2.66. The van der Waals surface area contributed by atoms with Crippen LogP contribution in [0.25, 0.3) is 0 Å². The van der Waals surface area contributed by atoms with Crippen LogP contribution in [0.15, 0.2) is 59.8 Å². The van der Waals surface area contributed by atoms with Gasteiger partial charge in [0.2, 0.25) is 0 Å². The molecule has 0 radical (unpaired) electrons. The van der Waals surface area contributed by atoms with Crippen molar-refractivity contribution in [1.29, 1.82) is 0 Å². The molecule has 74 valence electrons. The molecule has 1 aliphatic heterocycles. The van der Waals surface area contributed by atoms with Crippen LogP contribution in [0.4, 0.5) is 0 Å². The molecule has 0 saturated heterocycles. The van der Waals surface area contributed by atoms with E-state index in [1.807, 2.05) is 0 Å². The Balaban J connectivity index is 2.37. The summed E-state index contributed by atoms with van der Waals surface area (Å²) in [6.07, 6.45) is 19.5. The maximum absolute atomic E-state index is 2.28. The van der Waals surface area contributed by atoms with Crippen LogP contribution in [-0.4, -0.2) is 12.4 Å². The van der Waals surface area contributed by atoms with Crippen LogP contribution in [0.3, 0.4) is 0 Å². The number of hydrogen-bond donors (Lipinski definition) is 0. The monoisotopic (exact) mass is 194 g/mol. The summed E-state index contributed by atoms with van der Waals surface area (Å²) in [5, 5.41) is 0. The van der Waals surface area contributed by atoms with Gasteiger partial charge in [0.05, 0.1) is 0 Å². The summed E-state index contributed by atoms with van der Waals surface area (Å²) in [5.41, 5.74) is 4.03.